The van der Waals surface area contributed by atoms with E-state index < -0.39 is 5.97 Å². The summed E-state index contributed by atoms with van der Waals surface area (Å²) in [6.45, 7) is 4.97. The van der Waals surface area contributed by atoms with Gasteiger partial charge in [0.05, 0.1) is 11.2 Å². The number of piperidine rings is 1. The van der Waals surface area contributed by atoms with Crippen LogP contribution < -0.4 is 0 Å². The zero-order chi connectivity index (χ0) is 13.8. The number of hydrogen-bond donors (Lipinski definition) is 1. The van der Waals surface area contributed by atoms with E-state index in [-0.39, 0.29) is 10.8 Å². The van der Waals surface area contributed by atoms with E-state index in [2.05, 4.69) is 11.6 Å². The highest BCUT2D eigenvalue weighted by Gasteiger charge is 2.22. The number of hydrogen-bond acceptors (Lipinski definition) is 4. The molecule has 0 atom stereocenters. The Morgan fingerprint density at radius 2 is 2.21 bits per heavy atom. The summed E-state index contributed by atoms with van der Waals surface area (Å²) in [7, 11) is 0. The molecular formula is C13H16N2O3S. The molecule has 1 aromatic rings. The molecule has 1 aliphatic heterocycles. The summed E-state index contributed by atoms with van der Waals surface area (Å²) in [5, 5.41) is 9.71. The zero-order valence-corrected chi connectivity index (χ0v) is 11.4. The summed E-state index contributed by atoms with van der Waals surface area (Å²) in [6, 6.07) is 0. The first-order valence-corrected chi connectivity index (χ1v) is 7.01. The summed E-state index contributed by atoms with van der Waals surface area (Å²) < 4.78 is 0. The zero-order valence-electron chi connectivity index (χ0n) is 10.5. The summed E-state index contributed by atoms with van der Waals surface area (Å²) in [5.74, 6) is -0.460. The molecule has 2 rings (SSSR count). The van der Waals surface area contributed by atoms with Gasteiger partial charge in [-0.15, -0.1) is 11.3 Å². The molecule has 5 nitrogen and oxygen atoms in total. The minimum atomic E-state index is -0.921. The van der Waals surface area contributed by atoms with Gasteiger partial charge in [0.25, 0.3) is 0 Å². The predicted molar refractivity (Wildman–Crippen MR) is 72.3 cm³/mol. The highest BCUT2D eigenvalue weighted by molar-refractivity contribution is 7.13. The average molecular weight is 280 g/mol. The van der Waals surface area contributed by atoms with Gasteiger partial charge in [0, 0.05) is 19.5 Å². The molecule has 1 aromatic heterocycles. The molecule has 1 saturated heterocycles. The second-order valence-corrected chi connectivity index (χ2v) is 5.72. The first kappa shape index (κ1) is 13.7. The van der Waals surface area contributed by atoms with Crippen LogP contribution in [0.2, 0.25) is 0 Å². The SMILES string of the molecule is C=CC(=O)N1CCC(Cc2ncc(C(=O)O)s2)CC1. The third-order valence-electron chi connectivity index (χ3n) is 3.33. The van der Waals surface area contributed by atoms with Crippen molar-refractivity contribution in [2.24, 2.45) is 5.92 Å². The molecule has 102 valence electrons. The van der Waals surface area contributed by atoms with Gasteiger partial charge in [0.15, 0.2) is 0 Å². The summed E-state index contributed by atoms with van der Waals surface area (Å²) in [5.41, 5.74) is 0. The number of aromatic carboxylic acids is 1. The number of nitrogens with zero attached hydrogens (tertiary/aromatic N) is 2. The lowest BCUT2D eigenvalue weighted by atomic mass is 9.94. The fourth-order valence-corrected chi connectivity index (χ4v) is 3.11. The van der Waals surface area contributed by atoms with Gasteiger partial charge in [-0.3, -0.25) is 4.79 Å². The largest absolute Gasteiger partial charge is 0.477 e. The van der Waals surface area contributed by atoms with Gasteiger partial charge in [-0.2, -0.15) is 0 Å². The summed E-state index contributed by atoms with van der Waals surface area (Å²) >= 11 is 1.24. The molecule has 0 aliphatic carbocycles. The molecule has 1 N–H and O–H groups in total. The Morgan fingerprint density at radius 3 is 2.74 bits per heavy atom. The average Bonchev–Trinajstić information content (AvgIpc) is 2.87. The van der Waals surface area contributed by atoms with Crippen LogP contribution in [-0.4, -0.2) is 40.0 Å². The molecule has 0 unspecified atom stereocenters. The molecule has 6 heteroatoms. The molecule has 0 spiro atoms. The molecule has 2 heterocycles. The Labute approximate surface area is 115 Å². The van der Waals surface area contributed by atoms with Crippen molar-refractivity contribution in [1.82, 2.24) is 9.88 Å². The van der Waals surface area contributed by atoms with Crippen LogP contribution in [0.4, 0.5) is 0 Å². The van der Waals surface area contributed by atoms with E-state index in [1.807, 2.05) is 0 Å². The van der Waals surface area contributed by atoms with E-state index in [0.29, 0.717) is 5.92 Å². The van der Waals surface area contributed by atoms with Crippen LogP contribution >= 0.6 is 11.3 Å². The van der Waals surface area contributed by atoms with Crippen molar-refractivity contribution < 1.29 is 14.7 Å². The van der Waals surface area contributed by atoms with Crippen molar-refractivity contribution in [3.63, 3.8) is 0 Å². The van der Waals surface area contributed by atoms with Crippen LogP contribution in [0.5, 0.6) is 0 Å². The fraction of sp³-hybridized carbons (Fsp3) is 0.462. The van der Waals surface area contributed by atoms with E-state index >= 15 is 0 Å². The number of thiazole rings is 1. The third-order valence-corrected chi connectivity index (χ3v) is 4.34. The van der Waals surface area contributed by atoms with Crippen molar-refractivity contribution in [3.8, 4) is 0 Å². The van der Waals surface area contributed by atoms with E-state index in [4.69, 9.17) is 5.11 Å². The van der Waals surface area contributed by atoms with Gasteiger partial charge >= 0.3 is 5.97 Å². The Hall–Kier alpha value is -1.69. The third kappa shape index (κ3) is 3.41. The predicted octanol–water partition coefficient (Wildman–Crippen LogP) is 1.81. The van der Waals surface area contributed by atoms with Gasteiger partial charge in [-0.1, -0.05) is 6.58 Å². The fourth-order valence-electron chi connectivity index (χ4n) is 2.24. The highest BCUT2D eigenvalue weighted by atomic mass is 32.1. The molecule has 1 amide bonds. The maximum Gasteiger partial charge on any atom is 0.347 e. The number of carboxylic acid groups (broad SMARTS) is 1. The Bertz CT molecular complexity index is 490. The first-order valence-electron chi connectivity index (χ1n) is 6.19. The van der Waals surface area contributed by atoms with Crippen molar-refractivity contribution in [2.75, 3.05) is 13.1 Å². The molecular weight excluding hydrogens is 264 g/mol. The Kier molecular flexibility index (Phi) is 4.31. The number of rotatable bonds is 4. The van der Waals surface area contributed by atoms with Crippen LogP contribution in [-0.2, 0) is 11.2 Å². The quantitative estimate of drug-likeness (QED) is 0.854. The smallest absolute Gasteiger partial charge is 0.347 e. The lowest BCUT2D eigenvalue weighted by molar-refractivity contribution is -0.127. The number of likely N-dealkylation sites (tertiary alicyclic amines) is 1. The van der Waals surface area contributed by atoms with Crippen LogP contribution in [0, 0.1) is 5.92 Å². The van der Waals surface area contributed by atoms with Gasteiger partial charge in [0.2, 0.25) is 5.91 Å². The van der Waals surface area contributed by atoms with Crippen LogP contribution in [0.25, 0.3) is 0 Å². The van der Waals surface area contributed by atoms with Gasteiger partial charge in [-0.05, 0) is 24.8 Å². The minimum absolute atomic E-state index is 0.0131. The van der Waals surface area contributed by atoms with E-state index in [1.54, 1.807) is 4.90 Å². The topological polar surface area (TPSA) is 70.5 Å². The molecule has 0 bridgehead atoms. The van der Waals surface area contributed by atoms with Gasteiger partial charge in [-0.25, -0.2) is 9.78 Å². The van der Waals surface area contributed by atoms with E-state index in [0.717, 1.165) is 37.4 Å². The molecule has 1 aliphatic rings. The van der Waals surface area contributed by atoms with E-state index in [9.17, 15) is 9.59 Å². The Morgan fingerprint density at radius 1 is 1.53 bits per heavy atom. The second-order valence-electron chi connectivity index (χ2n) is 4.60. The number of carboxylic acids is 1. The van der Waals surface area contributed by atoms with Crippen molar-refractivity contribution in [2.45, 2.75) is 19.3 Å². The van der Waals surface area contributed by atoms with Crippen LogP contribution in [0.3, 0.4) is 0 Å². The Balaban J connectivity index is 1.86. The van der Waals surface area contributed by atoms with Crippen molar-refractivity contribution in [1.29, 1.82) is 0 Å². The van der Waals surface area contributed by atoms with Crippen molar-refractivity contribution in [3.05, 3.63) is 28.7 Å². The van der Waals surface area contributed by atoms with Crippen molar-refractivity contribution >= 4 is 23.2 Å². The normalized spacial score (nSPS) is 16.3. The minimum Gasteiger partial charge on any atom is -0.477 e. The van der Waals surface area contributed by atoms with E-state index in [1.165, 1.54) is 23.6 Å². The maximum absolute atomic E-state index is 11.4. The summed E-state index contributed by atoms with van der Waals surface area (Å²) in [4.78, 5) is 28.4. The number of carbonyl (C=O) groups is 2. The molecule has 19 heavy (non-hydrogen) atoms. The molecule has 1 fully saturated rings. The number of aromatic nitrogens is 1. The first-order chi connectivity index (χ1) is 9.10. The van der Waals surface area contributed by atoms with Crippen LogP contribution in [0.15, 0.2) is 18.9 Å². The lowest BCUT2D eigenvalue weighted by Gasteiger charge is -2.30. The molecule has 0 radical (unpaired) electrons. The monoisotopic (exact) mass is 280 g/mol. The van der Waals surface area contributed by atoms with Gasteiger partial charge < -0.3 is 10.0 Å². The standard InChI is InChI=1S/C13H16N2O3S/c1-2-12(16)15-5-3-9(4-6-15)7-11-14-8-10(19-11)13(17)18/h2,8-9H,1,3-7H2,(H,17,18). The highest BCUT2D eigenvalue weighted by Crippen LogP contribution is 2.24. The van der Waals surface area contributed by atoms with Crippen LogP contribution in [0.1, 0.15) is 27.5 Å². The maximum atomic E-state index is 11.4. The second kappa shape index (κ2) is 5.97. The number of carbonyl (C=O) groups excluding carboxylic acids is 1. The molecule has 0 aromatic carbocycles. The molecule has 0 saturated carbocycles. The lowest BCUT2D eigenvalue weighted by Crippen LogP contribution is -2.37. The summed E-state index contributed by atoms with van der Waals surface area (Å²) in [6.07, 6.45) is 5.43. The van der Waals surface area contributed by atoms with Gasteiger partial charge in [0.1, 0.15) is 4.88 Å². The number of amides is 1.